The van der Waals surface area contributed by atoms with Gasteiger partial charge in [-0.25, -0.2) is 0 Å². The number of allylic oxidation sites excluding steroid dienone is 3. The van der Waals surface area contributed by atoms with Gasteiger partial charge in [-0.15, -0.1) is 0 Å². The Balaban J connectivity index is 1.58. The number of benzene rings is 1. The first kappa shape index (κ1) is 26.8. The number of hydrogen-bond acceptors (Lipinski definition) is 3. The minimum atomic E-state index is -0.688. The van der Waals surface area contributed by atoms with Crippen molar-refractivity contribution in [3.8, 4) is 5.75 Å². The van der Waals surface area contributed by atoms with Crippen LogP contribution in [-0.2, 0) is 0 Å². The monoisotopic (exact) mass is 466 g/mol. The van der Waals surface area contributed by atoms with Gasteiger partial charge in [-0.3, -0.25) is 0 Å². The molecular weight excluding hydrogens is 420 g/mol. The summed E-state index contributed by atoms with van der Waals surface area (Å²) in [6, 6.07) is 8.56. The fourth-order valence-corrected chi connectivity index (χ4v) is 5.96. The molecule has 3 rings (SSSR count). The Labute approximate surface area is 207 Å². The average molecular weight is 467 g/mol. The molecule has 2 saturated carbocycles. The Hall–Kier alpha value is -1.84. The highest BCUT2D eigenvalue weighted by Gasteiger charge is 2.41. The summed E-state index contributed by atoms with van der Waals surface area (Å²) >= 11 is 0. The van der Waals surface area contributed by atoms with Crippen LogP contribution in [0.4, 0.5) is 0 Å². The van der Waals surface area contributed by atoms with Gasteiger partial charge in [0, 0.05) is 0 Å². The lowest BCUT2D eigenvalue weighted by Gasteiger charge is -2.34. The van der Waals surface area contributed by atoms with Crippen molar-refractivity contribution in [2.24, 2.45) is 23.7 Å². The van der Waals surface area contributed by atoms with Crippen LogP contribution in [0.15, 0.2) is 59.7 Å². The first-order chi connectivity index (χ1) is 16.2. The van der Waals surface area contributed by atoms with E-state index >= 15 is 0 Å². The predicted octanol–water partition coefficient (Wildman–Crippen LogP) is 7.21. The van der Waals surface area contributed by atoms with Gasteiger partial charge in [-0.2, -0.15) is 0 Å². The smallest absolute Gasteiger partial charge is 0.119 e. The molecule has 0 bridgehead atoms. The zero-order valence-corrected chi connectivity index (χ0v) is 22.0. The third-order valence-electron chi connectivity index (χ3n) is 8.19. The summed E-state index contributed by atoms with van der Waals surface area (Å²) in [6.07, 6.45) is 10.0. The Morgan fingerprint density at radius 2 is 1.91 bits per heavy atom. The highest BCUT2D eigenvalue weighted by molar-refractivity contribution is 5.30. The molecule has 3 heteroatoms. The van der Waals surface area contributed by atoms with E-state index in [2.05, 4.69) is 70.7 Å². The van der Waals surface area contributed by atoms with Gasteiger partial charge in [-0.1, -0.05) is 62.8 Å². The molecule has 188 valence electrons. The predicted molar refractivity (Wildman–Crippen MR) is 142 cm³/mol. The second-order valence-electron chi connectivity index (χ2n) is 11.1. The van der Waals surface area contributed by atoms with Gasteiger partial charge >= 0.3 is 0 Å². The fraction of sp³-hybridized carbons (Fsp3) is 0.613. The molecule has 1 aromatic rings. The van der Waals surface area contributed by atoms with Gasteiger partial charge in [0.05, 0.1) is 18.8 Å². The van der Waals surface area contributed by atoms with E-state index in [0.717, 1.165) is 29.8 Å². The molecule has 6 atom stereocenters. The zero-order chi connectivity index (χ0) is 24.8. The number of fused-ring (bicyclic) bond motifs is 1. The molecule has 0 spiro atoms. The van der Waals surface area contributed by atoms with E-state index in [1.54, 1.807) is 12.5 Å². The van der Waals surface area contributed by atoms with Gasteiger partial charge in [0.2, 0.25) is 0 Å². The first-order valence-corrected chi connectivity index (χ1v) is 13.3. The van der Waals surface area contributed by atoms with Crippen LogP contribution in [0.25, 0.3) is 0 Å². The van der Waals surface area contributed by atoms with Crippen LogP contribution in [0.1, 0.15) is 84.6 Å². The van der Waals surface area contributed by atoms with Gasteiger partial charge in [0.25, 0.3) is 0 Å². The van der Waals surface area contributed by atoms with Crippen molar-refractivity contribution in [1.29, 1.82) is 0 Å². The summed E-state index contributed by atoms with van der Waals surface area (Å²) < 4.78 is 6.26. The maximum atomic E-state index is 10.3. The Morgan fingerprint density at radius 1 is 1.15 bits per heavy atom. The third kappa shape index (κ3) is 6.86. The van der Waals surface area contributed by atoms with Crippen molar-refractivity contribution in [1.82, 2.24) is 0 Å². The van der Waals surface area contributed by atoms with Gasteiger partial charge < -0.3 is 14.9 Å². The lowest BCUT2D eigenvalue weighted by atomic mass is 9.72. The van der Waals surface area contributed by atoms with Gasteiger partial charge in [-0.05, 0) is 105 Å². The minimum absolute atomic E-state index is 0.490. The van der Waals surface area contributed by atoms with Crippen LogP contribution in [0.2, 0.25) is 0 Å². The molecule has 2 aliphatic carbocycles. The van der Waals surface area contributed by atoms with Crippen LogP contribution in [0, 0.1) is 23.7 Å². The number of hydrogen-bond donors (Lipinski definition) is 2. The normalized spacial score (nSPS) is 26.9. The van der Waals surface area contributed by atoms with Crippen LogP contribution >= 0.6 is 0 Å². The molecule has 2 aliphatic rings. The number of aliphatic hydroxyl groups excluding tert-OH is 2. The summed E-state index contributed by atoms with van der Waals surface area (Å²) in [5.74, 6) is 4.24. The van der Waals surface area contributed by atoms with E-state index < -0.39 is 12.2 Å². The second-order valence-corrected chi connectivity index (χ2v) is 11.1. The second kappa shape index (κ2) is 12.2. The quantitative estimate of drug-likeness (QED) is 0.358. The van der Waals surface area contributed by atoms with E-state index in [-0.39, 0.29) is 0 Å². The van der Waals surface area contributed by atoms with E-state index in [9.17, 15) is 10.2 Å². The Bertz CT molecular complexity index is 878. The fourth-order valence-electron chi connectivity index (χ4n) is 5.96. The van der Waals surface area contributed by atoms with E-state index in [0.29, 0.717) is 29.7 Å². The number of aliphatic hydroxyl groups is 2. The highest BCUT2D eigenvalue weighted by Crippen LogP contribution is 2.51. The lowest BCUT2D eigenvalue weighted by Crippen LogP contribution is -2.27. The van der Waals surface area contributed by atoms with Gasteiger partial charge in [0.1, 0.15) is 5.75 Å². The lowest BCUT2D eigenvalue weighted by molar-refractivity contribution is 0.154. The van der Waals surface area contributed by atoms with E-state index in [1.165, 1.54) is 37.7 Å². The average Bonchev–Trinajstić information content (AvgIpc) is 3.25. The van der Waals surface area contributed by atoms with Crippen LogP contribution < -0.4 is 4.74 Å². The topological polar surface area (TPSA) is 49.7 Å². The van der Waals surface area contributed by atoms with Crippen LogP contribution in [0.5, 0.6) is 5.75 Å². The van der Waals surface area contributed by atoms with Crippen LogP contribution in [-0.4, -0.2) is 29.0 Å². The van der Waals surface area contributed by atoms with Crippen molar-refractivity contribution in [2.45, 2.75) is 91.3 Å². The van der Waals surface area contributed by atoms with Crippen molar-refractivity contribution in [3.05, 3.63) is 65.3 Å². The maximum Gasteiger partial charge on any atom is 0.119 e. The van der Waals surface area contributed by atoms with E-state index in [4.69, 9.17) is 4.74 Å². The summed E-state index contributed by atoms with van der Waals surface area (Å²) in [7, 11) is 0. The van der Waals surface area contributed by atoms with Crippen molar-refractivity contribution < 1.29 is 14.9 Å². The highest BCUT2D eigenvalue weighted by atomic mass is 16.5. The molecule has 0 aliphatic heterocycles. The SMILES string of the molecule is C=C(C(C)O)[C@H](O)C/C(C)=C/C=C1\CCCC2C1CCC2C(C)COc1cccc(C(C)C)c1. The minimum Gasteiger partial charge on any atom is -0.493 e. The van der Waals surface area contributed by atoms with Crippen molar-refractivity contribution in [3.63, 3.8) is 0 Å². The molecule has 1 aromatic carbocycles. The van der Waals surface area contributed by atoms with Crippen LogP contribution in [0.3, 0.4) is 0 Å². The van der Waals surface area contributed by atoms with Crippen molar-refractivity contribution >= 4 is 0 Å². The molecule has 5 unspecified atom stereocenters. The molecule has 0 aromatic heterocycles. The third-order valence-corrected chi connectivity index (χ3v) is 8.19. The summed E-state index contributed by atoms with van der Waals surface area (Å²) in [6.45, 7) is 15.1. The zero-order valence-electron chi connectivity index (χ0n) is 22.0. The van der Waals surface area contributed by atoms with E-state index in [1.807, 2.05) is 0 Å². The number of ether oxygens (including phenoxy) is 1. The summed E-state index contributed by atoms with van der Waals surface area (Å²) in [5.41, 5.74) is 4.53. The first-order valence-electron chi connectivity index (χ1n) is 13.3. The van der Waals surface area contributed by atoms with Crippen molar-refractivity contribution in [2.75, 3.05) is 6.61 Å². The molecule has 0 heterocycles. The molecule has 3 nitrogen and oxygen atoms in total. The molecule has 0 amide bonds. The Morgan fingerprint density at radius 3 is 2.62 bits per heavy atom. The molecule has 0 saturated heterocycles. The standard InChI is InChI=1S/C31H46O3/c1-20(2)26-10-7-11-27(18-26)34-19-22(4)28-15-16-29-25(9-8-12-30(28)29)14-13-21(3)17-31(33)23(5)24(6)32/h7,10-11,13-14,18,20,22,24,28-33H,5,8-9,12,15-17,19H2,1-4,6H3/b21-13+,25-14+/t22?,24?,28?,29?,30?,31-/m1/s1. The molecule has 34 heavy (non-hydrogen) atoms. The summed E-state index contributed by atoms with van der Waals surface area (Å²) in [5, 5.41) is 19.9. The summed E-state index contributed by atoms with van der Waals surface area (Å²) in [4.78, 5) is 0. The molecular formula is C31H46O3. The molecule has 2 fully saturated rings. The molecule has 0 radical (unpaired) electrons. The Kier molecular flexibility index (Phi) is 9.62. The van der Waals surface area contributed by atoms with Gasteiger partial charge in [0.15, 0.2) is 0 Å². The number of rotatable bonds is 10. The maximum absolute atomic E-state index is 10.3. The largest absolute Gasteiger partial charge is 0.493 e. The molecule has 2 N–H and O–H groups in total.